The summed E-state index contributed by atoms with van der Waals surface area (Å²) in [6.45, 7) is 4.79. The Labute approximate surface area is 201 Å². The number of rotatable bonds is 7. The Morgan fingerprint density at radius 3 is 2.40 bits per heavy atom. The number of nitrogens with two attached hydrogens (primary N) is 1. The molecule has 0 radical (unpaired) electrons. The van der Waals surface area contributed by atoms with Crippen LogP contribution in [0.5, 0.6) is 17.2 Å². The molecule has 4 aromatic rings. The number of aromatic amines is 1. The molecule has 9 heteroatoms. The van der Waals surface area contributed by atoms with Crippen molar-refractivity contribution in [3.05, 3.63) is 78.6 Å². The predicted octanol–water partition coefficient (Wildman–Crippen LogP) is 3.73. The van der Waals surface area contributed by atoms with Crippen LogP contribution in [0.25, 0.3) is 16.9 Å². The molecular formula is C26H25N5O4. The lowest BCUT2D eigenvalue weighted by atomic mass is 10.0. The molecule has 0 bridgehead atoms. The number of imidazole rings is 1. The fourth-order valence-corrected chi connectivity index (χ4v) is 4.49. The number of methoxy groups -OCH3 is 1. The number of nitrogens with one attached hydrogen (secondary N) is 1. The molecule has 3 heterocycles. The van der Waals surface area contributed by atoms with Crippen molar-refractivity contribution in [3.63, 3.8) is 0 Å². The summed E-state index contributed by atoms with van der Waals surface area (Å²) in [7, 11) is 1.61. The second-order valence-corrected chi connectivity index (χ2v) is 8.35. The highest BCUT2D eigenvalue weighted by molar-refractivity contribution is 5.98. The van der Waals surface area contributed by atoms with E-state index >= 15 is 0 Å². The third-order valence-corrected chi connectivity index (χ3v) is 6.28. The third-order valence-electron chi connectivity index (χ3n) is 6.28. The summed E-state index contributed by atoms with van der Waals surface area (Å²) in [6.07, 6.45) is 3.87. The normalized spacial score (nSPS) is 15.3. The maximum Gasteiger partial charge on any atom is 0.269 e. The summed E-state index contributed by atoms with van der Waals surface area (Å²) in [5.74, 6) is 1.51. The van der Waals surface area contributed by atoms with Crippen molar-refractivity contribution in [2.75, 3.05) is 20.2 Å². The van der Waals surface area contributed by atoms with E-state index in [1.165, 1.54) is 6.08 Å². The summed E-state index contributed by atoms with van der Waals surface area (Å²) < 4.78 is 12.6. The number of benzene rings is 2. The number of carbonyl (C=O) groups excluding carboxylic acids is 2. The molecule has 3 N–H and O–H groups in total. The summed E-state index contributed by atoms with van der Waals surface area (Å²) in [5.41, 5.74) is 9.00. The topological polar surface area (TPSA) is 115 Å². The van der Waals surface area contributed by atoms with Gasteiger partial charge in [0.05, 0.1) is 19.0 Å². The van der Waals surface area contributed by atoms with Crippen molar-refractivity contribution in [2.24, 2.45) is 5.73 Å². The van der Waals surface area contributed by atoms with E-state index < -0.39 is 5.91 Å². The monoisotopic (exact) mass is 471 g/mol. The van der Waals surface area contributed by atoms with Gasteiger partial charge in [0.1, 0.15) is 22.9 Å². The third kappa shape index (κ3) is 4.12. The number of fused-ring (bicyclic) bond motifs is 1. The van der Waals surface area contributed by atoms with Gasteiger partial charge in [-0.15, -0.1) is 0 Å². The quantitative estimate of drug-likeness (QED) is 0.399. The molecule has 1 aliphatic rings. The highest BCUT2D eigenvalue weighted by Crippen LogP contribution is 2.34. The van der Waals surface area contributed by atoms with Crippen LogP contribution < -0.4 is 15.2 Å². The van der Waals surface area contributed by atoms with Crippen LogP contribution >= 0.6 is 0 Å². The molecule has 1 atom stereocenters. The van der Waals surface area contributed by atoms with Crippen LogP contribution in [0, 0.1) is 0 Å². The number of hydrogen-bond acceptors (Lipinski definition) is 5. The molecule has 0 aliphatic carbocycles. The van der Waals surface area contributed by atoms with Gasteiger partial charge >= 0.3 is 0 Å². The molecule has 35 heavy (non-hydrogen) atoms. The molecule has 178 valence electrons. The first-order chi connectivity index (χ1) is 17.0. The molecule has 1 fully saturated rings. The second-order valence-electron chi connectivity index (χ2n) is 8.35. The first-order valence-corrected chi connectivity index (χ1v) is 11.2. The smallest absolute Gasteiger partial charge is 0.269 e. The number of hydrogen-bond donors (Lipinski definition) is 2. The molecule has 1 aliphatic heterocycles. The van der Waals surface area contributed by atoms with E-state index in [1.54, 1.807) is 22.7 Å². The van der Waals surface area contributed by atoms with Gasteiger partial charge < -0.3 is 25.1 Å². The van der Waals surface area contributed by atoms with Crippen molar-refractivity contribution in [1.29, 1.82) is 0 Å². The molecule has 1 saturated heterocycles. The van der Waals surface area contributed by atoms with Gasteiger partial charge in [-0.2, -0.15) is 5.10 Å². The Balaban J connectivity index is 1.43. The number of nitrogens with zero attached hydrogens (tertiary/aromatic N) is 3. The van der Waals surface area contributed by atoms with Crippen molar-refractivity contribution >= 4 is 17.5 Å². The molecule has 2 aromatic heterocycles. The minimum absolute atomic E-state index is 0.0853. The summed E-state index contributed by atoms with van der Waals surface area (Å²) in [4.78, 5) is 29.5. The Morgan fingerprint density at radius 2 is 1.77 bits per heavy atom. The predicted molar refractivity (Wildman–Crippen MR) is 131 cm³/mol. The van der Waals surface area contributed by atoms with Gasteiger partial charge in [0.15, 0.2) is 5.69 Å². The molecule has 2 aromatic carbocycles. The maximum absolute atomic E-state index is 12.4. The highest BCUT2D eigenvalue weighted by Gasteiger charge is 2.30. The minimum Gasteiger partial charge on any atom is -0.497 e. The van der Waals surface area contributed by atoms with Crippen molar-refractivity contribution in [2.45, 2.75) is 12.3 Å². The Kier molecular flexibility index (Phi) is 5.74. The van der Waals surface area contributed by atoms with E-state index in [1.807, 2.05) is 48.5 Å². The largest absolute Gasteiger partial charge is 0.497 e. The van der Waals surface area contributed by atoms with Gasteiger partial charge in [-0.25, -0.2) is 4.52 Å². The fraction of sp³-hybridized carbons (Fsp3) is 0.192. The van der Waals surface area contributed by atoms with Crippen LogP contribution in [0.4, 0.5) is 0 Å². The number of likely N-dealkylation sites (tertiary alicyclic amines) is 1. The molecule has 9 nitrogen and oxygen atoms in total. The molecule has 1 unspecified atom stereocenters. The molecule has 0 saturated carbocycles. The minimum atomic E-state index is -0.589. The number of carbonyl (C=O) groups is 2. The van der Waals surface area contributed by atoms with Crippen LogP contribution in [0.1, 0.15) is 28.4 Å². The van der Waals surface area contributed by atoms with Gasteiger partial charge in [0.25, 0.3) is 5.91 Å². The number of amides is 2. The van der Waals surface area contributed by atoms with Gasteiger partial charge in [-0.3, -0.25) is 9.59 Å². The SMILES string of the molecule is C=CC(=O)N1CCC(c2cnn3c(C(N)=O)c(-c4ccc(Oc5ccc(OC)cc5)cc4)[nH]c23)C1. The van der Waals surface area contributed by atoms with Gasteiger partial charge in [0, 0.05) is 30.1 Å². The zero-order valence-electron chi connectivity index (χ0n) is 19.2. The molecular weight excluding hydrogens is 446 g/mol. The number of primary amides is 1. The highest BCUT2D eigenvalue weighted by atomic mass is 16.5. The van der Waals surface area contributed by atoms with Gasteiger partial charge in [-0.05, 0) is 61.0 Å². The maximum atomic E-state index is 12.4. The number of H-pyrrole nitrogens is 1. The average molecular weight is 472 g/mol. The summed E-state index contributed by atoms with van der Waals surface area (Å²) in [5, 5.41) is 4.43. The molecule has 0 spiro atoms. The van der Waals surface area contributed by atoms with E-state index in [2.05, 4.69) is 16.7 Å². The first kappa shape index (κ1) is 22.3. The Morgan fingerprint density at radius 1 is 1.11 bits per heavy atom. The Bertz CT molecular complexity index is 1400. The molecule has 2 amide bonds. The average Bonchev–Trinajstić information content (AvgIpc) is 3.59. The van der Waals surface area contributed by atoms with E-state index in [0.29, 0.717) is 35.9 Å². The van der Waals surface area contributed by atoms with Crippen LogP contribution in [0.15, 0.2) is 67.4 Å². The van der Waals surface area contributed by atoms with Crippen LogP contribution in [-0.4, -0.2) is 51.5 Å². The van der Waals surface area contributed by atoms with Gasteiger partial charge in [0.2, 0.25) is 5.91 Å². The number of aromatic nitrogens is 3. The lowest BCUT2D eigenvalue weighted by molar-refractivity contribution is -0.125. The van der Waals surface area contributed by atoms with Crippen LogP contribution in [0.2, 0.25) is 0 Å². The Hall–Kier alpha value is -4.53. The van der Waals surface area contributed by atoms with Crippen LogP contribution in [-0.2, 0) is 4.79 Å². The van der Waals surface area contributed by atoms with Gasteiger partial charge in [-0.1, -0.05) is 6.58 Å². The second kappa shape index (κ2) is 9.02. The lowest BCUT2D eigenvalue weighted by Gasteiger charge is -2.13. The van der Waals surface area contributed by atoms with E-state index in [9.17, 15) is 9.59 Å². The van der Waals surface area contributed by atoms with Crippen molar-refractivity contribution < 1.29 is 19.1 Å². The summed E-state index contributed by atoms with van der Waals surface area (Å²) in [6, 6.07) is 14.7. The van der Waals surface area contributed by atoms with Crippen molar-refractivity contribution in [3.8, 4) is 28.5 Å². The summed E-state index contributed by atoms with van der Waals surface area (Å²) >= 11 is 0. The lowest BCUT2D eigenvalue weighted by Crippen LogP contribution is -2.26. The van der Waals surface area contributed by atoms with Crippen LogP contribution in [0.3, 0.4) is 0 Å². The van der Waals surface area contributed by atoms with Crippen molar-refractivity contribution in [1.82, 2.24) is 19.5 Å². The number of ether oxygens (including phenoxy) is 2. The fourth-order valence-electron chi connectivity index (χ4n) is 4.49. The van der Waals surface area contributed by atoms with E-state index in [0.717, 1.165) is 23.3 Å². The van der Waals surface area contributed by atoms with E-state index in [-0.39, 0.29) is 17.5 Å². The zero-order chi connectivity index (χ0) is 24.5. The standard InChI is InChI=1S/C26H25N5O4/c1-3-22(32)30-13-12-17(15-30)21-14-28-31-24(25(27)33)23(29-26(21)31)16-4-6-19(7-5-16)35-20-10-8-18(34-2)9-11-20/h3-11,14,17,29H,1,12-13,15H2,2H3,(H2,27,33). The van der Waals surface area contributed by atoms with E-state index in [4.69, 9.17) is 15.2 Å². The molecule has 5 rings (SSSR count). The zero-order valence-corrected chi connectivity index (χ0v) is 19.2. The first-order valence-electron chi connectivity index (χ1n) is 11.2.